The fourth-order valence-corrected chi connectivity index (χ4v) is 4.25. The molecule has 4 rings (SSSR count). The van der Waals surface area contributed by atoms with Crippen LogP contribution < -0.4 is 0 Å². The molecular weight excluding hydrogens is 246 g/mol. The van der Waals surface area contributed by atoms with E-state index in [0.717, 1.165) is 10.9 Å². The summed E-state index contributed by atoms with van der Waals surface area (Å²) < 4.78 is 2.10. The Morgan fingerprint density at radius 3 is 2.60 bits per heavy atom. The molecule has 1 heterocycles. The van der Waals surface area contributed by atoms with Crippen LogP contribution in [0.1, 0.15) is 41.6 Å². The van der Waals surface area contributed by atoms with E-state index >= 15 is 0 Å². The van der Waals surface area contributed by atoms with E-state index in [0.29, 0.717) is 23.5 Å². The lowest BCUT2D eigenvalue weighted by Crippen LogP contribution is -2.03. The summed E-state index contributed by atoms with van der Waals surface area (Å²) >= 11 is 0. The summed E-state index contributed by atoms with van der Waals surface area (Å²) in [6, 6.07) is 6.40. The Hall–Kier alpha value is -1.57. The van der Waals surface area contributed by atoms with E-state index in [2.05, 4.69) is 29.7 Å². The number of carbonyl (C=O) groups is 1. The zero-order valence-electron chi connectivity index (χ0n) is 12.2. The molecule has 2 saturated carbocycles. The van der Waals surface area contributed by atoms with E-state index in [1.165, 1.54) is 36.8 Å². The Bertz CT molecular complexity index is 685. The molecule has 2 atom stereocenters. The topological polar surface area (TPSA) is 22.0 Å². The highest BCUT2D eigenvalue weighted by Crippen LogP contribution is 2.56. The van der Waals surface area contributed by atoms with Gasteiger partial charge < -0.3 is 4.57 Å². The number of aryl methyl sites for hydroxylation is 2. The van der Waals surface area contributed by atoms with E-state index in [1.807, 2.05) is 13.2 Å². The molecule has 1 aromatic carbocycles. The molecule has 20 heavy (non-hydrogen) atoms. The van der Waals surface area contributed by atoms with Crippen molar-refractivity contribution in [2.45, 2.75) is 32.6 Å². The van der Waals surface area contributed by atoms with Gasteiger partial charge in [0.05, 0.1) is 0 Å². The van der Waals surface area contributed by atoms with Crippen LogP contribution in [0.3, 0.4) is 0 Å². The minimum Gasteiger partial charge on any atom is -0.350 e. The fourth-order valence-electron chi connectivity index (χ4n) is 4.25. The molecule has 0 bridgehead atoms. The van der Waals surface area contributed by atoms with Gasteiger partial charge in [-0.25, -0.2) is 0 Å². The average Bonchev–Trinajstić information content (AvgIpc) is 3.10. The van der Waals surface area contributed by atoms with E-state index in [4.69, 9.17) is 0 Å². The Balaban J connectivity index is 1.74. The molecule has 0 spiro atoms. The van der Waals surface area contributed by atoms with E-state index in [-0.39, 0.29) is 0 Å². The molecule has 2 heteroatoms. The van der Waals surface area contributed by atoms with Gasteiger partial charge >= 0.3 is 0 Å². The molecule has 0 N–H and O–H groups in total. The molecule has 1 aromatic heterocycles. The highest BCUT2D eigenvalue weighted by molar-refractivity contribution is 6.10. The van der Waals surface area contributed by atoms with Gasteiger partial charge in [0.25, 0.3) is 0 Å². The van der Waals surface area contributed by atoms with Crippen molar-refractivity contribution in [3.05, 3.63) is 35.5 Å². The van der Waals surface area contributed by atoms with Crippen molar-refractivity contribution in [2.75, 3.05) is 0 Å². The molecule has 2 aromatic rings. The molecule has 2 aliphatic rings. The normalized spacial score (nSPS) is 28.4. The first-order chi connectivity index (χ1) is 9.66. The van der Waals surface area contributed by atoms with Gasteiger partial charge in [-0.15, -0.1) is 0 Å². The van der Waals surface area contributed by atoms with Crippen LogP contribution in [-0.2, 0) is 7.05 Å². The molecule has 0 aliphatic heterocycles. The summed E-state index contributed by atoms with van der Waals surface area (Å²) in [6.45, 7) is 2.10. The highest BCUT2D eigenvalue weighted by Gasteiger charge is 2.54. The SMILES string of the molecule is Cc1ccc2c(C(=O)C3C4CCCCC43)cn(C)c2c1. The van der Waals surface area contributed by atoms with Gasteiger partial charge in [0, 0.05) is 35.6 Å². The summed E-state index contributed by atoms with van der Waals surface area (Å²) in [7, 11) is 2.04. The molecule has 2 fully saturated rings. The molecular formula is C18H21NO. The van der Waals surface area contributed by atoms with Crippen molar-refractivity contribution in [3.63, 3.8) is 0 Å². The minimum absolute atomic E-state index is 0.324. The number of carbonyl (C=O) groups excluding carboxylic acids is 1. The van der Waals surface area contributed by atoms with Crippen LogP contribution >= 0.6 is 0 Å². The number of fused-ring (bicyclic) bond motifs is 2. The molecule has 2 aliphatic carbocycles. The van der Waals surface area contributed by atoms with Crippen molar-refractivity contribution < 1.29 is 4.79 Å². The first-order valence-electron chi connectivity index (χ1n) is 7.77. The van der Waals surface area contributed by atoms with Gasteiger partial charge in [-0.05, 0) is 43.2 Å². The number of Topliss-reactive ketones (excluding diaryl/α,β-unsaturated/α-hetero) is 1. The van der Waals surface area contributed by atoms with Crippen LogP contribution in [0.4, 0.5) is 0 Å². The third kappa shape index (κ3) is 1.67. The van der Waals surface area contributed by atoms with E-state index in [9.17, 15) is 4.79 Å². The Morgan fingerprint density at radius 1 is 1.20 bits per heavy atom. The quantitative estimate of drug-likeness (QED) is 0.751. The Kier molecular flexibility index (Phi) is 2.57. The molecule has 2 nitrogen and oxygen atoms in total. The van der Waals surface area contributed by atoms with Gasteiger partial charge in [0.2, 0.25) is 0 Å². The number of aromatic nitrogens is 1. The second-order valence-corrected chi connectivity index (χ2v) is 6.68. The van der Waals surface area contributed by atoms with Gasteiger partial charge in [0.1, 0.15) is 0 Å². The third-order valence-electron chi connectivity index (χ3n) is 5.37. The molecule has 2 unspecified atom stereocenters. The van der Waals surface area contributed by atoms with Crippen molar-refractivity contribution in [1.82, 2.24) is 4.57 Å². The molecule has 104 valence electrons. The number of hydrogen-bond acceptors (Lipinski definition) is 1. The van der Waals surface area contributed by atoms with Crippen molar-refractivity contribution in [3.8, 4) is 0 Å². The second kappa shape index (κ2) is 4.21. The summed E-state index contributed by atoms with van der Waals surface area (Å²) in [5.41, 5.74) is 3.37. The number of hydrogen-bond donors (Lipinski definition) is 0. The predicted molar refractivity (Wildman–Crippen MR) is 80.9 cm³/mol. The predicted octanol–water partition coefficient (Wildman–Crippen LogP) is 4.11. The van der Waals surface area contributed by atoms with Crippen LogP contribution in [0.5, 0.6) is 0 Å². The summed E-state index contributed by atoms with van der Waals surface area (Å²) in [5, 5.41) is 1.13. The molecule has 0 amide bonds. The lowest BCUT2D eigenvalue weighted by atomic mass is 10.0. The van der Waals surface area contributed by atoms with Gasteiger partial charge in [-0.1, -0.05) is 25.0 Å². The van der Waals surface area contributed by atoms with E-state index < -0.39 is 0 Å². The average molecular weight is 267 g/mol. The van der Waals surface area contributed by atoms with Crippen molar-refractivity contribution in [2.24, 2.45) is 24.8 Å². The molecule has 0 radical (unpaired) electrons. The maximum atomic E-state index is 12.9. The largest absolute Gasteiger partial charge is 0.350 e. The standard InChI is InChI=1S/C18H21NO/c1-11-7-8-12-15(10-19(2)16(12)9-11)18(20)17-13-5-3-4-6-14(13)17/h7-10,13-14,17H,3-6H2,1-2H3. The summed E-state index contributed by atoms with van der Waals surface area (Å²) in [6.07, 6.45) is 7.21. The summed E-state index contributed by atoms with van der Waals surface area (Å²) in [4.78, 5) is 12.9. The van der Waals surface area contributed by atoms with Crippen LogP contribution in [0, 0.1) is 24.7 Å². The van der Waals surface area contributed by atoms with E-state index in [1.54, 1.807) is 0 Å². The molecule has 0 saturated heterocycles. The van der Waals surface area contributed by atoms with Crippen molar-refractivity contribution in [1.29, 1.82) is 0 Å². The third-order valence-corrected chi connectivity index (χ3v) is 5.37. The lowest BCUT2D eigenvalue weighted by Gasteiger charge is -2.04. The maximum absolute atomic E-state index is 12.9. The first-order valence-corrected chi connectivity index (χ1v) is 7.77. The van der Waals surface area contributed by atoms with Crippen LogP contribution in [0.15, 0.2) is 24.4 Å². The second-order valence-electron chi connectivity index (χ2n) is 6.68. The number of benzene rings is 1. The maximum Gasteiger partial charge on any atom is 0.168 e. The minimum atomic E-state index is 0.324. The lowest BCUT2D eigenvalue weighted by molar-refractivity contribution is 0.0958. The smallest absolute Gasteiger partial charge is 0.168 e. The Morgan fingerprint density at radius 2 is 1.90 bits per heavy atom. The number of nitrogens with zero attached hydrogens (tertiary/aromatic N) is 1. The first kappa shape index (κ1) is 12.2. The van der Waals surface area contributed by atoms with Crippen LogP contribution in [-0.4, -0.2) is 10.4 Å². The Labute approximate surface area is 119 Å². The fraction of sp³-hybridized carbons (Fsp3) is 0.500. The zero-order chi connectivity index (χ0) is 13.9. The van der Waals surface area contributed by atoms with Gasteiger partial charge in [-0.2, -0.15) is 0 Å². The number of rotatable bonds is 2. The summed E-state index contributed by atoms with van der Waals surface area (Å²) in [5.74, 6) is 2.11. The zero-order valence-corrected chi connectivity index (χ0v) is 12.2. The number of ketones is 1. The van der Waals surface area contributed by atoms with Gasteiger partial charge in [-0.3, -0.25) is 4.79 Å². The monoisotopic (exact) mass is 267 g/mol. The van der Waals surface area contributed by atoms with Crippen LogP contribution in [0.25, 0.3) is 10.9 Å². The van der Waals surface area contributed by atoms with Crippen LogP contribution in [0.2, 0.25) is 0 Å². The highest BCUT2D eigenvalue weighted by atomic mass is 16.1. The van der Waals surface area contributed by atoms with Crippen molar-refractivity contribution >= 4 is 16.7 Å². The van der Waals surface area contributed by atoms with Gasteiger partial charge in [0.15, 0.2) is 5.78 Å².